The topological polar surface area (TPSA) is 29.3 Å². The van der Waals surface area contributed by atoms with Crippen LogP contribution in [0.15, 0.2) is 22.7 Å². The molecule has 0 heterocycles. The van der Waals surface area contributed by atoms with E-state index in [1.165, 1.54) is 31.2 Å². The zero-order valence-electron chi connectivity index (χ0n) is 9.75. The number of nitrogen functional groups attached to an aromatic ring is 1. The third-order valence-corrected chi connectivity index (χ3v) is 4.16. The Kier molecular flexibility index (Phi) is 3.87. The molecule has 0 unspecified atom stereocenters. The lowest BCUT2D eigenvalue weighted by Crippen LogP contribution is -2.28. The van der Waals surface area contributed by atoms with Crippen LogP contribution in [0.4, 0.5) is 5.69 Å². The van der Waals surface area contributed by atoms with Gasteiger partial charge in [-0.15, -0.1) is 0 Å². The highest BCUT2D eigenvalue weighted by atomic mass is 79.9. The van der Waals surface area contributed by atoms with Gasteiger partial charge in [-0.1, -0.05) is 18.9 Å². The van der Waals surface area contributed by atoms with Gasteiger partial charge in [0.1, 0.15) is 0 Å². The van der Waals surface area contributed by atoms with E-state index >= 15 is 0 Å². The molecule has 0 amide bonds. The van der Waals surface area contributed by atoms with Gasteiger partial charge in [0.25, 0.3) is 0 Å². The number of nitrogens with zero attached hydrogens (tertiary/aromatic N) is 1. The number of halogens is 1. The first-order valence-corrected chi connectivity index (χ1v) is 6.70. The van der Waals surface area contributed by atoms with Crippen LogP contribution in [0.25, 0.3) is 0 Å². The molecule has 1 fully saturated rings. The van der Waals surface area contributed by atoms with Gasteiger partial charge in [0.05, 0.1) is 0 Å². The van der Waals surface area contributed by atoms with Crippen molar-refractivity contribution in [2.75, 3.05) is 12.8 Å². The smallest absolute Gasteiger partial charge is 0.0461 e. The standard InChI is InChI=1S/C13H19BrN2/c1-16(11-4-2-3-5-11)9-10-6-7-12(14)13(15)8-10/h6-8,11H,2-5,9,15H2,1H3. The summed E-state index contributed by atoms with van der Waals surface area (Å²) in [6.07, 6.45) is 5.47. The molecule has 1 aromatic carbocycles. The molecule has 0 aromatic heterocycles. The predicted octanol–water partition coefficient (Wildman–Crippen LogP) is 3.41. The van der Waals surface area contributed by atoms with Gasteiger partial charge < -0.3 is 5.73 Å². The first kappa shape index (κ1) is 11.9. The molecule has 3 heteroatoms. The molecule has 1 aliphatic carbocycles. The second-order valence-electron chi connectivity index (χ2n) is 4.71. The van der Waals surface area contributed by atoms with Crippen LogP contribution in [0.3, 0.4) is 0 Å². The molecular weight excluding hydrogens is 264 g/mol. The molecule has 0 bridgehead atoms. The van der Waals surface area contributed by atoms with Gasteiger partial charge in [0, 0.05) is 22.7 Å². The maximum atomic E-state index is 5.88. The number of anilines is 1. The monoisotopic (exact) mass is 282 g/mol. The number of nitrogens with two attached hydrogens (primary N) is 1. The molecule has 0 spiro atoms. The van der Waals surface area contributed by atoms with Crippen LogP contribution in [0, 0.1) is 0 Å². The van der Waals surface area contributed by atoms with Crippen LogP contribution in [-0.4, -0.2) is 18.0 Å². The third-order valence-electron chi connectivity index (χ3n) is 3.44. The molecule has 1 saturated carbocycles. The van der Waals surface area contributed by atoms with Crippen LogP contribution in [0.5, 0.6) is 0 Å². The van der Waals surface area contributed by atoms with E-state index in [1.54, 1.807) is 0 Å². The fourth-order valence-electron chi connectivity index (χ4n) is 2.45. The Labute approximate surface area is 106 Å². The van der Waals surface area contributed by atoms with Gasteiger partial charge in [0.2, 0.25) is 0 Å². The average molecular weight is 283 g/mol. The van der Waals surface area contributed by atoms with Crippen LogP contribution in [0.2, 0.25) is 0 Å². The van der Waals surface area contributed by atoms with Gasteiger partial charge in [0.15, 0.2) is 0 Å². The van der Waals surface area contributed by atoms with E-state index in [1.807, 2.05) is 6.07 Å². The Balaban J connectivity index is 1.99. The molecule has 2 N–H and O–H groups in total. The maximum absolute atomic E-state index is 5.88. The summed E-state index contributed by atoms with van der Waals surface area (Å²) in [6.45, 7) is 1.00. The summed E-state index contributed by atoms with van der Waals surface area (Å²) in [5.74, 6) is 0. The fraction of sp³-hybridized carbons (Fsp3) is 0.538. The summed E-state index contributed by atoms with van der Waals surface area (Å²) in [6, 6.07) is 7.01. The van der Waals surface area contributed by atoms with E-state index in [0.29, 0.717) is 0 Å². The van der Waals surface area contributed by atoms with Crippen molar-refractivity contribution in [3.63, 3.8) is 0 Å². The maximum Gasteiger partial charge on any atom is 0.0461 e. The highest BCUT2D eigenvalue weighted by molar-refractivity contribution is 9.10. The molecule has 16 heavy (non-hydrogen) atoms. The molecule has 88 valence electrons. The molecule has 0 saturated heterocycles. The van der Waals surface area contributed by atoms with E-state index < -0.39 is 0 Å². The van der Waals surface area contributed by atoms with E-state index in [-0.39, 0.29) is 0 Å². The summed E-state index contributed by atoms with van der Waals surface area (Å²) in [4.78, 5) is 2.45. The van der Waals surface area contributed by atoms with Gasteiger partial charge in [-0.2, -0.15) is 0 Å². The molecule has 0 aliphatic heterocycles. The van der Waals surface area contributed by atoms with E-state index in [9.17, 15) is 0 Å². The molecule has 1 aliphatic rings. The molecule has 2 nitrogen and oxygen atoms in total. The van der Waals surface area contributed by atoms with Gasteiger partial charge in [-0.25, -0.2) is 0 Å². The van der Waals surface area contributed by atoms with Crippen molar-refractivity contribution in [3.05, 3.63) is 28.2 Å². The first-order chi connectivity index (χ1) is 7.66. The third kappa shape index (κ3) is 2.77. The minimum absolute atomic E-state index is 0.768. The molecular formula is C13H19BrN2. The molecule has 0 radical (unpaired) electrons. The summed E-state index contributed by atoms with van der Waals surface area (Å²) < 4.78 is 0.986. The van der Waals surface area contributed by atoms with Crippen molar-refractivity contribution < 1.29 is 0 Å². The second-order valence-corrected chi connectivity index (χ2v) is 5.56. The van der Waals surface area contributed by atoms with E-state index in [2.05, 4.69) is 40.0 Å². The van der Waals surface area contributed by atoms with Crippen molar-refractivity contribution in [3.8, 4) is 0 Å². The minimum atomic E-state index is 0.768. The van der Waals surface area contributed by atoms with Gasteiger partial charge >= 0.3 is 0 Å². The normalized spacial score (nSPS) is 17.2. The van der Waals surface area contributed by atoms with Crippen molar-refractivity contribution in [1.29, 1.82) is 0 Å². The predicted molar refractivity (Wildman–Crippen MR) is 72.3 cm³/mol. The second kappa shape index (κ2) is 5.19. The molecule has 2 rings (SSSR count). The van der Waals surface area contributed by atoms with Gasteiger partial charge in [-0.3, -0.25) is 4.90 Å². The number of benzene rings is 1. The Morgan fingerprint density at radius 1 is 1.38 bits per heavy atom. The Bertz CT molecular complexity index is 359. The van der Waals surface area contributed by atoms with Gasteiger partial charge in [-0.05, 0) is 53.5 Å². The highest BCUT2D eigenvalue weighted by Crippen LogP contribution is 2.25. The fourth-order valence-corrected chi connectivity index (χ4v) is 2.70. The Morgan fingerprint density at radius 2 is 2.06 bits per heavy atom. The molecule has 1 aromatic rings. The lowest BCUT2D eigenvalue weighted by Gasteiger charge is -2.24. The highest BCUT2D eigenvalue weighted by Gasteiger charge is 2.19. The van der Waals surface area contributed by atoms with Crippen molar-refractivity contribution in [2.24, 2.45) is 0 Å². The summed E-state index contributed by atoms with van der Waals surface area (Å²) >= 11 is 3.42. The van der Waals surface area contributed by atoms with Crippen molar-refractivity contribution >= 4 is 21.6 Å². The Morgan fingerprint density at radius 3 is 2.69 bits per heavy atom. The lowest BCUT2D eigenvalue weighted by atomic mass is 10.1. The van der Waals surface area contributed by atoms with Crippen LogP contribution >= 0.6 is 15.9 Å². The minimum Gasteiger partial charge on any atom is -0.398 e. The van der Waals surface area contributed by atoms with Crippen LogP contribution in [-0.2, 0) is 6.54 Å². The van der Waals surface area contributed by atoms with Crippen molar-refractivity contribution in [1.82, 2.24) is 4.90 Å². The first-order valence-electron chi connectivity index (χ1n) is 5.91. The quantitative estimate of drug-likeness (QED) is 0.861. The SMILES string of the molecule is CN(Cc1ccc(Br)c(N)c1)C1CCCC1. The zero-order chi connectivity index (χ0) is 11.5. The number of rotatable bonds is 3. The average Bonchev–Trinajstić information content (AvgIpc) is 2.77. The molecule has 0 atom stereocenters. The van der Waals surface area contributed by atoms with E-state index in [4.69, 9.17) is 5.73 Å². The summed E-state index contributed by atoms with van der Waals surface area (Å²) in [7, 11) is 2.22. The summed E-state index contributed by atoms with van der Waals surface area (Å²) in [5.41, 5.74) is 8.02. The summed E-state index contributed by atoms with van der Waals surface area (Å²) in [5, 5.41) is 0. The number of hydrogen-bond donors (Lipinski definition) is 1. The largest absolute Gasteiger partial charge is 0.398 e. The number of hydrogen-bond acceptors (Lipinski definition) is 2. The van der Waals surface area contributed by atoms with E-state index in [0.717, 1.165) is 22.7 Å². The Hall–Kier alpha value is -0.540. The van der Waals surface area contributed by atoms with Crippen LogP contribution < -0.4 is 5.73 Å². The zero-order valence-corrected chi connectivity index (χ0v) is 11.3. The lowest BCUT2D eigenvalue weighted by molar-refractivity contribution is 0.237. The van der Waals surface area contributed by atoms with Crippen molar-refractivity contribution in [2.45, 2.75) is 38.3 Å². The van der Waals surface area contributed by atoms with Crippen LogP contribution in [0.1, 0.15) is 31.2 Å².